The van der Waals surface area contributed by atoms with Crippen molar-refractivity contribution in [2.45, 2.75) is 70.6 Å². The van der Waals surface area contributed by atoms with E-state index in [0.29, 0.717) is 47.7 Å². The smallest absolute Gasteiger partial charge is 0.283 e. The minimum absolute atomic E-state index is 0.0580. The van der Waals surface area contributed by atoms with Crippen molar-refractivity contribution in [3.8, 4) is 0 Å². The number of aliphatic hydroxyl groups excluding tert-OH is 2. The molecule has 2 aliphatic rings. The van der Waals surface area contributed by atoms with Gasteiger partial charge in [-0.2, -0.15) is 0 Å². The number of nitrogens with zero attached hydrogens (tertiary/aromatic N) is 5. The van der Waals surface area contributed by atoms with Crippen LogP contribution >= 0.6 is 0 Å². The maximum absolute atomic E-state index is 13.8. The predicted molar refractivity (Wildman–Crippen MR) is 216 cm³/mol. The molecular weight excluding hydrogens is 762 g/mol. The highest BCUT2D eigenvalue weighted by molar-refractivity contribution is 6.08. The first-order valence-corrected chi connectivity index (χ1v) is 19.5. The summed E-state index contributed by atoms with van der Waals surface area (Å²) in [5, 5.41) is 42.4. The van der Waals surface area contributed by atoms with Gasteiger partial charge in [-0.3, -0.25) is 33.6 Å². The first kappa shape index (κ1) is 43.7. The van der Waals surface area contributed by atoms with Crippen LogP contribution in [0.2, 0.25) is 0 Å². The topological polar surface area (TPSA) is 220 Å². The second-order valence-corrected chi connectivity index (χ2v) is 14.7. The summed E-state index contributed by atoms with van der Waals surface area (Å²) in [6, 6.07) is 11.8. The molecule has 312 valence electrons. The van der Waals surface area contributed by atoms with Crippen LogP contribution in [0.1, 0.15) is 62.0 Å². The van der Waals surface area contributed by atoms with Gasteiger partial charge in [0.25, 0.3) is 28.8 Å². The molecule has 2 aliphatic carbocycles. The lowest BCUT2D eigenvalue weighted by Gasteiger charge is -2.31. The Morgan fingerprint density at radius 1 is 0.627 bits per heavy atom. The van der Waals surface area contributed by atoms with Crippen molar-refractivity contribution in [2.24, 2.45) is 0 Å². The maximum atomic E-state index is 13.8. The summed E-state index contributed by atoms with van der Waals surface area (Å²) >= 11 is 0. The van der Waals surface area contributed by atoms with Gasteiger partial charge in [-0.15, -0.1) is 9.46 Å². The molecule has 59 heavy (non-hydrogen) atoms. The monoisotopic (exact) mass is 811 g/mol. The number of unbranched alkanes of at least 4 members (excludes halogenated alkanes) is 2. The fraction of sp³-hybridized carbons (Fsp3) is 0.372. The number of ketones is 2. The molecule has 2 aromatic heterocycles. The van der Waals surface area contributed by atoms with E-state index in [2.05, 4.69) is 0 Å². The van der Waals surface area contributed by atoms with Crippen molar-refractivity contribution in [2.75, 3.05) is 32.7 Å². The predicted octanol–water partition coefficient (Wildman–Crippen LogP) is 2.19. The van der Waals surface area contributed by atoms with Crippen LogP contribution in [0.15, 0.2) is 106 Å². The lowest BCUT2D eigenvalue weighted by molar-refractivity contribution is -0.133. The van der Waals surface area contributed by atoms with Crippen molar-refractivity contribution >= 4 is 40.2 Å². The van der Waals surface area contributed by atoms with Crippen molar-refractivity contribution in [3.63, 3.8) is 0 Å². The third-order valence-corrected chi connectivity index (χ3v) is 10.3. The van der Waals surface area contributed by atoms with Crippen LogP contribution in [0.3, 0.4) is 0 Å². The zero-order valence-corrected chi connectivity index (χ0v) is 33.0. The number of pyridine rings is 2. The Bertz CT molecular complexity index is 2340. The van der Waals surface area contributed by atoms with Crippen LogP contribution in [-0.4, -0.2) is 125 Å². The Morgan fingerprint density at radius 3 is 1.80 bits per heavy atom. The molecule has 0 radical (unpaired) electrons. The lowest BCUT2D eigenvalue weighted by Crippen LogP contribution is -2.44. The number of aromatic nitrogens is 2. The molecule has 2 heterocycles. The number of fused-ring (bicyclic) bond motifs is 1. The molecular formula is C43H49N5O11. The number of allylic oxidation sites excluding steroid dienone is 4. The Hall–Kier alpha value is -6.39. The molecule has 4 N–H and O–H groups in total. The highest BCUT2D eigenvalue weighted by Gasteiger charge is 2.32. The summed E-state index contributed by atoms with van der Waals surface area (Å²) in [5.41, 5.74) is -0.601. The second kappa shape index (κ2) is 19.8. The van der Waals surface area contributed by atoms with Crippen molar-refractivity contribution < 1.29 is 44.6 Å². The first-order chi connectivity index (χ1) is 28.2. The maximum Gasteiger partial charge on any atom is 0.283 e. The molecule has 0 spiro atoms. The van der Waals surface area contributed by atoms with Gasteiger partial charge in [-0.1, -0.05) is 48.6 Å². The molecule has 0 saturated heterocycles. The van der Waals surface area contributed by atoms with E-state index in [0.717, 1.165) is 11.6 Å². The Balaban J connectivity index is 1.27. The molecule has 0 fully saturated rings. The second-order valence-electron chi connectivity index (χ2n) is 14.7. The highest BCUT2D eigenvalue weighted by atomic mass is 16.5. The van der Waals surface area contributed by atoms with Gasteiger partial charge in [-0.25, -0.2) is 0 Å². The summed E-state index contributed by atoms with van der Waals surface area (Å²) in [6.07, 6.45) is 7.18. The molecule has 5 rings (SSSR count). The number of hydrogen-bond acceptors (Lipinski definition) is 11. The van der Waals surface area contributed by atoms with Gasteiger partial charge < -0.3 is 35.3 Å². The van der Waals surface area contributed by atoms with Crippen molar-refractivity contribution in [3.05, 3.63) is 128 Å². The van der Waals surface area contributed by atoms with Gasteiger partial charge in [-0.05, 0) is 82.2 Å². The fourth-order valence-electron chi connectivity index (χ4n) is 7.12. The van der Waals surface area contributed by atoms with Gasteiger partial charge in [0.2, 0.25) is 0 Å². The highest BCUT2D eigenvalue weighted by Crippen LogP contribution is 2.21. The number of carbonyl (C=O) groups is 5. The minimum Gasteiger partial charge on any atom is -0.425 e. The Labute approximate surface area is 339 Å². The zero-order chi connectivity index (χ0) is 42.8. The largest absolute Gasteiger partial charge is 0.425 e. The third kappa shape index (κ3) is 10.4. The fourth-order valence-corrected chi connectivity index (χ4v) is 7.12. The van der Waals surface area contributed by atoms with E-state index in [1.54, 1.807) is 26.0 Å². The van der Waals surface area contributed by atoms with Crippen LogP contribution < -0.4 is 11.1 Å². The average Bonchev–Trinajstić information content (AvgIpc) is 3.21. The van der Waals surface area contributed by atoms with E-state index in [1.165, 1.54) is 69.4 Å². The van der Waals surface area contributed by atoms with E-state index in [1.807, 2.05) is 12.1 Å². The van der Waals surface area contributed by atoms with Gasteiger partial charge in [0.1, 0.15) is 17.9 Å². The summed E-state index contributed by atoms with van der Waals surface area (Å²) in [6.45, 7) is 4.36. The number of rotatable bonds is 18. The van der Waals surface area contributed by atoms with E-state index >= 15 is 0 Å². The van der Waals surface area contributed by atoms with E-state index in [-0.39, 0.29) is 66.8 Å². The first-order valence-electron chi connectivity index (χ1n) is 19.5. The Kier molecular flexibility index (Phi) is 14.7. The number of hydrogen-bond donors (Lipinski definition) is 4. The standard InChI is InChI=1S/C43H49N5O11/c1-28(2)46(42(56)32-16-9-19-35(50)40(32)54)27-11-26-44(41(55)31-15-8-18-34(49)39(31)53)24-5-6-25-45(43(57)33-17-10-20-36(51)47(33)58)23-4-3-12-29-13-7-14-30-21-22-37(52)48(59)38(29)30/h7-10,13-22,28,39-40,53-54,58-59H,3-6,11-12,23-27H2,1-2H3. The molecule has 0 aliphatic heterocycles. The quantitative estimate of drug-likeness (QED) is 0.108. The number of amides is 3. The van der Waals surface area contributed by atoms with Crippen LogP contribution in [0.5, 0.6) is 0 Å². The van der Waals surface area contributed by atoms with Gasteiger partial charge >= 0.3 is 0 Å². The van der Waals surface area contributed by atoms with Crippen LogP contribution in [0.25, 0.3) is 10.9 Å². The van der Waals surface area contributed by atoms with Crippen molar-refractivity contribution in [1.82, 2.24) is 24.2 Å². The molecule has 1 aromatic carbocycles. The summed E-state index contributed by atoms with van der Waals surface area (Å²) < 4.78 is 0.905. The summed E-state index contributed by atoms with van der Waals surface area (Å²) in [4.78, 5) is 94.0. The number of benzene rings is 1. The van der Waals surface area contributed by atoms with Crippen LogP contribution in [0.4, 0.5) is 0 Å². The van der Waals surface area contributed by atoms with Gasteiger partial charge in [0.15, 0.2) is 11.6 Å². The molecule has 3 aromatic rings. The number of carbonyl (C=O) groups excluding carboxylic acids is 5. The zero-order valence-electron chi connectivity index (χ0n) is 33.0. The number of para-hydroxylation sites is 1. The van der Waals surface area contributed by atoms with Crippen LogP contribution in [-0.2, 0) is 25.6 Å². The molecule has 3 amide bonds. The molecule has 2 atom stereocenters. The van der Waals surface area contributed by atoms with Crippen molar-refractivity contribution in [1.29, 1.82) is 0 Å². The number of aliphatic hydroxyl groups is 2. The average molecular weight is 812 g/mol. The van der Waals surface area contributed by atoms with Gasteiger partial charge in [0.05, 0.1) is 16.7 Å². The van der Waals surface area contributed by atoms with Crippen LogP contribution in [0, 0.1) is 0 Å². The molecule has 16 heteroatoms. The lowest BCUT2D eigenvalue weighted by atomic mass is 9.98. The van der Waals surface area contributed by atoms with E-state index < -0.39 is 52.6 Å². The van der Waals surface area contributed by atoms with E-state index in [4.69, 9.17) is 0 Å². The molecule has 2 unspecified atom stereocenters. The third-order valence-electron chi connectivity index (χ3n) is 10.3. The van der Waals surface area contributed by atoms with E-state index in [9.17, 15) is 54.2 Å². The normalized spacial score (nSPS) is 16.3. The minimum atomic E-state index is -1.65. The number of aryl methyl sites for hydroxylation is 1. The van der Waals surface area contributed by atoms with Gasteiger partial charge in [0, 0.05) is 56.3 Å². The SMILES string of the molecule is CC(C)N(CCCN(CCCCN(CCCCc1cccc2ccc(=O)n(O)c12)C(=O)c1cccc(=O)n1O)C(=O)C1=CC=CC(=O)C1O)C(=O)C1=CC=CC(=O)C1O. The Morgan fingerprint density at radius 2 is 1.17 bits per heavy atom. The molecule has 16 nitrogen and oxygen atoms in total. The summed E-state index contributed by atoms with van der Waals surface area (Å²) in [7, 11) is 0. The molecule has 0 bridgehead atoms. The molecule has 0 saturated carbocycles. The summed E-state index contributed by atoms with van der Waals surface area (Å²) in [5.74, 6) is -2.94.